The van der Waals surface area contributed by atoms with Gasteiger partial charge in [-0.15, -0.1) is 0 Å². The number of carbonyl (C=O) groups is 4. The van der Waals surface area contributed by atoms with Gasteiger partial charge in [-0.25, -0.2) is 4.79 Å². The molecule has 5 aromatic rings. The number of para-hydroxylation sites is 1. The highest BCUT2D eigenvalue weighted by atomic mass is 16.5. The third-order valence-electron chi connectivity index (χ3n) is 7.12. The zero-order chi connectivity index (χ0) is 28.5. The van der Waals surface area contributed by atoms with Crippen molar-refractivity contribution in [2.75, 3.05) is 7.11 Å². The molecule has 1 atom stereocenters. The second kappa shape index (κ2) is 10.6. The van der Waals surface area contributed by atoms with Crippen LogP contribution in [0.4, 0.5) is 0 Å². The van der Waals surface area contributed by atoms with Crippen molar-refractivity contribution in [3.05, 3.63) is 137 Å². The van der Waals surface area contributed by atoms with E-state index >= 15 is 0 Å². The topological polar surface area (TPSA) is 106 Å². The van der Waals surface area contributed by atoms with E-state index in [1.807, 2.05) is 30.3 Å². The van der Waals surface area contributed by atoms with E-state index in [-0.39, 0.29) is 23.6 Å². The highest BCUT2D eigenvalue weighted by Crippen LogP contribution is 2.31. The van der Waals surface area contributed by atoms with E-state index in [9.17, 15) is 19.2 Å². The number of benzene rings is 4. The maximum Gasteiger partial charge on any atom is 0.343 e. The van der Waals surface area contributed by atoms with Crippen molar-refractivity contribution in [1.82, 2.24) is 9.88 Å². The van der Waals surface area contributed by atoms with Gasteiger partial charge < -0.3 is 14.5 Å². The van der Waals surface area contributed by atoms with Crippen LogP contribution in [-0.4, -0.2) is 40.6 Å². The lowest BCUT2D eigenvalue weighted by Crippen LogP contribution is -2.29. The van der Waals surface area contributed by atoms with Gasteiger partial charge in [-0.2, -0.15) is 0 Å². The van der Waals surface area contributed by atoms with Crippen LogP contribution in [0.1, 0.15) is 58.7 Å². The van der Waals surface area contributed by atoms with Gasteiger partial charge in [-0.3, -0.25) is 19.3 Å². The highest BCUT2D eigenvalue weighted by Gasteiger charge is 2.35. The predicted octanol–water partition coefficient (Wildman–Crippen LogP) is 5.75. The van der Waals surface area contributed by atoms with E-state index in [1.165, 1.54) is 13.2 Å². The van der Waals surface area contributed by atoms with Gasteiger partial charge in [0.2, 0.25) is 5.78 Å². The van der Waals surface area contributed by atoms with Crippen LogP contribution >= 0.6 is 0 Å². The summed E-state index contributed by atoms with van der Waals surface area (Å²) in [7, 11) is 1.42. The normalized spacial score (nSPS) is 13.2. The zero-order valence-electron chi connectivity index (χ0n) is 22.0. The largest absolute Gasteiger partial charge is 0.496 e. The van der Waals surface area contributed by atoms with Crippen LogP contribution in [0.15, 0.2) is 103 Å². The molecule has 0 saturated carbocycles. The summed E-state index contributed by atoms with van der Waals surface area (Å²) in [6.07, 6.45) is 0.382. The minimum Gasteiger partial charge on any atom is -0.496 e. The molecule has 0 saturated heterocycles. The average molecular weight is 545 g/mol. The van der Waals surface area contributed by atoms with Gasteiger partial charge in [0, 0.05) is 28.2 Å². The number of methoxy groups -OCH3 is 1. The van der Waals surface area contributed by atoms with Crippen molar-refractivity contribution in [1.29, 1.82) is 0 Å². The Hall–Kier alpha value is -5.50. The molecular weight excluding hydrogens is 520 g/mol. The first kappa shape index (κ1) is 25.8. The van der Waals surface area contributed by atoms with Crippen molar-refractivity contribution in [3.63, 3.8) is 0 Å². The van der Waals surface area contributed by atoms with Crippen molar-refractivity contribution < 1.29 is 28.7 Å². The lowest BCUT2D eigenvalue weighted by Gasteiger charge is -2.19. The minimum absolute atomic E-state index is 0.0486. The molecule has 0 spiro atoms. The van der Waals surface area contributed by atoms with Crippen molar-refractivity contribution >= 4 is 34.5 Å². The Balaban J connectivity index is 1.31. The van der Waals surface area contributed by atoms with Crippen LogP contribution in [-0.2, 0) is 11.3 Å². The van der Waals surface area contributed by atoms with Gasteiger partial charge >= 0.3 is 5.97 Å². The Morgan fingerprint density at radius 2 is 1.46 bits per heavy atom. The number of rotatable bonds is 8. The number of imide groups is 1. The Kier molecular flexibility index (Phi) is 6.65. The molecule has 0 radical (unpaired) electrons. The van der Waals surface area contributed by atoms with E-state index in [4.69, 9.17) is 9.47 Å². The molecule has 0 aliphatic carbocycles. The molecule has 0 bridgehead atoms. The number of Topliss-reactive ketones (excluding diaryl/α,β-unsaturated/α-hetero) is 1. The number of H-pyrrole nitrogens is 1. The van der Waals surface area contributed by atoms with E-state index in [0.717, 1.165) is 15.8 Å². The van der Waals surface area contributed by atoms with Crippen LogP contribution in [0.3, 0.4) is 0 Å². The molecule has 202 valence electrons. The van der Waals surface area contributed by atoms with Gasteiger partial charge in [0.05, 0.1) is 24.8 Å². The number of hydrogen-bond acceptors (Lipinski definition) is 6. The maximum atomic E-state index is 13.8. The summed E-state index contributed by atoms with van der Waals surface area (Å²) in [5, 5.41) is 0.718. The Morgan fingerprint density at radius 3 is 2.17 bits per heavy atom. The number of ketones is 1. The number of amides is 2. The lowest BCUT2D eigenvalue weighted by atomic mass is 9.99. The molecule has 0 unspecified atom stereocenters. The molecule has 1 aromatic heterocycles. The zero-order valence-corrected chi connectivity index (χ0v) is 22.0. The fraction of sp³-hybridized carbons (Fsp3) is 0.0909. The third-order valence-corrected chi connectivity index (χ3v) is 7.12. The smallest absolute Gasteiger partial charge is 0.343 e. The highest BCUT2D eigenvalue weighted by molar-refractivity contribution is 6.21. The standard InChI is InChI=1S/C33H24N2O6/c1-40-28-16-15-20(19-35-31(37)23-12-5-6-13-24(23)32(35)38)17-25(28)33(39)41-30(21-9-3-2-4-10-21)29(36)26-18-34-27-14-8-7-11-22(26)27/h2-18,30,34H,19H2,1H3/t30-/m0/s1. The van der Waals surface area contributed by atoms with Gasteiger partial charge in [0.25, 0.3) is 11.8 Å². The van der Waals surface area contributed by atoms with Crippen LogP contribution in [0.5, 0.6) is 5.75 Å². The third kappa shape index (κ3) is 4.65. The molecule has 1 N–H and O–H groups in total. The quantitative estimate of drug-likeness (QED) is 0.151. The monoisotopic (exact) mass is 544 g/mol. The summed E-state index contributed by atoms with van der Waals surface area (Å²) in [6.45, 7) is -0.0486. The summed E-state index contributed by atoms with van der Waals surface area (Å²) in [5.41, 5.74) is 2.96. The van der Waals surface area contributed by atoms with Crippen LogP contribution < -0.4 is 4.74 Å². The van der Waals surface area contributed by atoms with E-state index in [1.54, 1.807) is 66.9 Å². The summed E-state index contributed by atoms with van der Waals surface area (Å²) in [4.78, 5) is 57.4. The first-order chi connectivity index (χ1) is 20.0. The number of ether oxygens (including phenoxy) is 2. The first-order valence-electron chi connectivity index (χ1n) is 12.9. The van der Waals surface area contributed by atoms with Crippen molar-refractivity contribution in [3.8, 4) is 5.75 Å². The average Bonchev–Trinajstić information content (AvgIpc) is 3.55. The van der Waals surface area contributed by atoms with E-state index in [2.05, 4.69) is 4.98 Å². The van der Waals surface area contributed by atoms with Crippen LogP contribution in [0.2, 0.25) is 0 Å². The SMILES string of the molecule is COc1ccc(CN2C(=O)c3ccccc3C2=O)cc1C(=O)O[C@H](C(=O)c1c[nH]c2ccccc12)c1ccccc1. The van der Waals surface area contributed by atoms with Crippen molar-refractivity contribution in [2.45, 2.75) is 12.6 Å². The molecule has 2 amide bonds. The second-order valence-corrected chi connectivity index (χ2v) is 9.58. The lowest BCUT2D eigenvalue weighted by molar-refractivity contribution is 0.0277. The fourth-order valence-corrected chi connectivity index (χ4v) is 5.07. The number of carbonyl (C=O) groups excluding carboxylic acids is 4. The number of esters is 1. The van der Waals surface area contributed by atoms with E-state index < -0.39 is 23.9 Å². The summed E-state index contributed by atoms with van der Waals surface area (Å²) in [5.74, 6) is -1.75. The molecule has 41 heavy (non-hydrogen) atoms. The van der Waals surface area contributed by atoms with Crippen LogP contribution in [0, 0.1) is 0 Å². The number of hydrogen-bond donors (Lipinski definition) is 1. The molecular formula is C33H24N2O6. The van der Waals surface area contributed by atoms with Gasteiger partial charge in [-0.1, -0.05) is 66.7 Å². The Morgan fingerprint density at radius 1 is 0.805 bits per heavy atom. The fourth-order valence-electron chi connectivity index (χ4n) is 5.07. The van der Waals surface area contributed by atoms with Gasteiger partial charge in [-0.05, 0) is 35.9 Å². The van der Waals surface area contributed by atoms with Gasteiger partial charge in [0.1, 0.15) is 11.3 Å². The predicted molar refractivity (Wildman–Crippen MR) is 151 cm³/mol. The number of aromatic amines is 1. The van der Waals surface area contributed by atoms with Crippen molar-refractivity contribution in [2.24, 2.45) is 0 Å². The van der Waals surface area contributed by atoms with E-state index in [0.29, 0.717) is 27.8 Å². The number of nitrogens with zero attached hydrogens (tertiary/aromatic N) is 1. The molecule has 1 aliphatic rings. The number of nitrogens with one attached hydrogen (secondary N) is 1. The summed E-state index contributed by atoms with van der Waals surface area (Å²) < 4.78 is 11.3. The Labute approximate surface area is 235 Å². The maximum absolute atomic E-state index is 13.8. The number of aromatic nitrogens is 1. The number of fused-ring (bicyclic) bond motifs is 2. The van der Waals surface area contributed by atoms with Crippen LogP contribution in [0.25, 0.3) is 10.9 Å². The molecule has 2 heterocycles. The second-order valence-electron chi connectivity index (χ2n) is 9.58. The minimum atomic E-state index is -1.23. The molecule has 1 aliphatic heterocycles. The summed E-state index contributed by atoms with van der Waals surface area (Å²) >= 11 is 0. The molecule has 8 nitrogen and oxygen atoms in total. The molecule has 8 heteroatoms. The molecule has 0 fully saturated rings. The molecule has 4 aromatic carbocycles. The molecule has 6 rings (SSSR count). The summed E-state index contributed by atoms with van der Waals surface area (Å²) in [6, 6.07) is 27.6. The first-order valence-corrected chi connectivity index (χ1v) is 12.9. The Bertz CT molecular complexity index is 1790. The van der Waals surface area contributed by atoms with Gasteiger partial charge in [0.15, 0.2) is 6.10 Å².